The van der Waals surface area contributed by atoms with Gasteiger partial charge in [0.2, 0.25) is 0 Å². The quantitative estimate of drug-likeness (QED) is 0.620. The van der Waals surface area contributed by atoms with E-state index in [1.165, 1.54) is 0 Å². The molecule has 7 heteroatoms. The molecule has 0 spiro atoms. The van der Waals surface area contributed by atoms with E-state index >= 15 is 0 Å². The summed E-state index contributed by atoms with van der Waals surface area (Å²) in [6, 6.07) is 16.5. The second kappa shape index (κ2) is 9.19. The first-order valence-electron chi connectivity index (χ1n) is 8.83. The van der Waals surface area contributed by atoms with Gasteiger partial charge < -0.3 is 15.4 Å². The first kappa shape index (κ1) is 19.6. The van der Waals surface area contributed by atoms with Crippen molar-refractivity contribution in [1.29, 1.82) is 0 Å². The fourth-order valence-electron chi connectivity index (χ4n) is 2.77. The molecule has 0 saturated heterocycles. The third-order valence-corrected chi connectivity index (χ3v) is 4.28. The lowest BCUT2D eigenvalue weighted by atomic mass is 10.1. The SMILES string of the molecule is COc1ccccc1CCNc1cc(C(=O)Nc2cccc(Cl)c2)nc(C)n1. The Kier molecular flexibility index (Phi) is 6.45. The highest BCUT2D eigenvalue weighted by molar-refractivity contribution is 6.30. The van der Waals surface area contributed by atoms with Crippen molar-refractivity contribution in [3.8, 4) is 5.75 Å². The Bertz CT molecular complexity index is 978. The van der Waals surface area contributed by atoms with Crippen molar-refractivity contribution in [3.63, 3.8) is 0 Å². The van der Waals surface area contributed by atoms with Crippen molar-refractivity contribution in [1.82, 2.24) is 9.97 Å². The van der Waals surface area contributed by atoms with Crippen molar-refractivity contribution >= 4 is 29.0 Å². The number of hydrogen-bond acceptors (Lipinski definition) is 5. The minimum atomic E-state index is -0.319. The van der Waals surface area contributed by atoms with Gasteiger partial charge in [-0.2, -0.15) is 0 Å². The van der Waals surface area contributed by atoms with E-state index in [0.29, 0.717) is 28.9 Å². The summed E-state index contributed by atoms with van der Waals surface area (Å²) < 4.78 is 5.37. The van der Waals surface area contributed by atoms with E-state index in [1.54, 1.807) is 44.4 Å². The first-order chi connectivity index (χ1) is 13.5. The van der Waals surface area contributed by atoms with Gasteiger partial charge in [-0.05, 0) is 43.2 Å². The molecule has 0 atom stereocenters. The summed E-state index contributed by atoms with van der Waals surface area (Å²) in [7, 11) is 1.66. The average molecular weight is 397 g/mol. The van der Waals surface area contributed by atoms with E-state index in [9.17, 15) is 4.79 Å². The fourth-order valence-corrected chi connectivity index (χ4v) is 2.96. The van der Waals surface area contributed by atoms with Crippen molar-refractivity contribution in [3.05, 3.63) is 76.7 Å². The van der Waals surface area contributed by atoms with Crippen LogP contribution in [0.15, 0.2) is 54.6 Å². The Balaban J connectivity index is 1.66. The topological polar surface area (TPSA) is 76.1 Å². The summed E-state index contributed by atoms with van der Waals surface area (Å²) in [6.07, 6.45) is 0.761. The van der Waals surface area contributed by atoms with E-state index in [2.05, 4.69) is 20.6 Å². The van der Waals surface area contributed by atoms with Crippen LogP contribution in [0.1, 0.15) is 21.9 Å². The highest BCUT2D eigenvalue weighted by Crippen LogP contribution is 2.18. The third-order valence-electron chi connectivity index (χ3n) is 4.05. The van der Waals surface area contributed by atoms with Crippen LogP contribution in [0.25, 0.3) is 0 Å². The largest absolute Gasteiger partial charge is 0.496 e. The third kappa shape index (κ3) is 5.20. The van der Waals surface area contributed by atoms with Gasteiger partial charge in [0, 0.05) is 23.3 Å². The predicted molar refractivity (Wildman–Crippen MR) is 111 cm³/mol. The number of nitrogens with zero attached hydrogens (tertiary/aromatic N) is 2. The van der Waals surface area contributed by atoms with Gasteiger partial charge in [-0.25, -0.2) is 9.97 Å². The smallest absolute Gasteiger partial charge is 0.274 e. The molecule has 1 aromatic heterocycles. The Morgan fingerprint density at radius 1 is 1.11 bits per heavy atom. The Morgan fingerprint density at radius 3 is 2.71 bits per heavy atom. The predicted octanol–water partition coefficient (Wildman–Crippen LogP) is 4.35. The van der Waals surface area contributed by atoms with Crippen LogP contribution in [0.3, 0.4) is 0 Å². The normalized spacial score (nSPS) is 10.4. The van der Waals surface area contributed by atoms with Gasteiger partial charge in [-0.3, -0.25) is 4.79 Å². The Morgan fingerprint density at radius 2 is 1.93 bits per heavy atom. The summed E-state index contributed by atoms with van der Waals surface area (Å²) in [4.78, 5) is 21.1. The molecule has 144 valence electrons. The number of para-hydroxylation sites is 1. The molecule has 2 N–H and O–H groups in total. The summed E-state index contributed by atoms with van der Waals surface area (Å²) in [5, 5.41) is 6.59. The second-order valence-corrected chi connectivity index (χ2v) is 6.58. The lowest BCUT2D eigenvalue weighted by Crippen LogP contribution is -2.16. The van der Waals surface area contributed by atoms with E-state index in [0.717, 1.165) is 17.7 Å². The molecular formula is C21H21ClN4O2. The number of carbonyl (C=O) groups excluding carboxylic acids is 1. The lowest BCUT2D eigenvalue weighted by Gasteiger charge is -2.11. The number of aryl methyl sites for hydroxylation is 1. The number of carbonyl (C=O) groups is 1. The van der Waals surface area contributed by atoms with Gasteiger partial charge in [-0.1, -0.05) is 35.9 Å². The van der Waals surface area contributed by atoms with E-state index in [-0.39, 0.29) is 11.6 Å². The zero-order valence-corrected chi connectivity index (χ0v) is 16.5. The molecule has 6 nitrogen and oxygen atoms in total. The monoisotopic (exact) mass is 396 g/mol. The maximum atomic E-state index is 12.5. The number of ether oxygens (including phenoxy) is 1. The number of nitrogens with one attached hydrogen (secondary N) is 2. The highest BCUT2D eigenvalue weighted by Gasteiger charge is 2.11. The number of amides is 1. The summed E-state index contributed by atoms with van der Waals surface area (Å²) >= 11 is 5.96. The molecule has 0 fully saturated rings. The molecular weight excluding hydrogens is 376 g/mol. The van der Waals surface area contributed by atoms with Gasteiger partial charge >= 0.3 is 0 Å². The summed E-state index contributed by atoms with van der Waals surface area (Å²) in [5.41, 5.74) is 1.99. The van der Waals surface area contributed by atoms with Crippen molar-refractivity contribution in [2.45, 2.75) is 13.3 Å². The molecule has 3 rings (SSSR count). The Hall–Kier alpha value is -3.12. The van der Waals surface area contributed by atoms with Crippen LogP contribution >= 0.6 is 11.6 Å². The number of aromatic nitrogens is 2. The maximum absolute atomic E-state index is 12.5. The molecule has 0 unspecified atom stereocenters. The lowest BCUT2D eigenvalue weighted by molar-refractivity contribution is 0.102. The number of anilines is 2. The van der Waals surface area contributed by atoms with Crippen LogP contribution in [-0.4, -0.2) is 29.5 Å². The van der Waals surface area contributed by atoms with Crippen LogP contribution in [0, 0.1) is 6.92 Å². The zero-order valence-electron chi connectivity index (χ0n) is 15.7. The van der Waals surface area contributed by atoms with E-state index in [1.807, 2.05) is 24.3 Å². The van der Waals surface area contributed by atoms with Crippen LogP contribution in [0.5, 0.6) is 5.75 Å². The van der Waals surface area contributed by atoms with Gasteiger partial charge in [-0.15, -0.1) is 0 Å². The molecule has 0 radical (unpaired) electrons. The number of hydrogen-bond donors (Lipinski definition) is 2. The fraction of sp³-hybridized carbons (Fsp3) is 0.190. The van der Waals surface area contributed by atoms with E-state index < -0.39 is 0 Å². The average Bonchev–Trinajstić information content (AvgIpc) is 2.68. The number of rotatable bonds is 7. The van der Waals surface area contributed by atoms with Crippen LogP contribution in [0.2, 0.25) is 5.02 Å². The van der Waals surface area contributed by atoms with Gasteiger partial charge in [0.05, 0.1) is 7.11 Å². The Labute approximate surface area is 168 Å². The summed E-state index contributed by atoms with van der Waals surface area (Å²) in [6.45, 7) is 2.40. The van der Waals surface area contributed by atoms with Gasteiger partial charge in [0.25, 0.3) is 5.91 Å². The highest BCUT2D eigenvalue weighted by atomic mass is 35.5. The first-order valence-corrected chi connectivity index (χ1v) is 9.21. The summed E-state index contributed by atoms with van der Waals surface area (Å²) in [5.74, 6) is 1.64. The number of benzene rings is 2. The number of halogens is 1. The molecule has 0 aliphatic heterocycles. The van der Waals surface area contributed by atoms with Crippen LogP contribution < -0.4 is 15.4 Å². The second-order valence-electron chi connectivity index (χ2n) is 6.14. The molecule has 1 heterocycles. The minimum absolute atomic E-state index is 0.285. The van der Waals surface area contributed by atoms with Crippen molar-refractivity contribution < 1.29 is 9.53 Å². The molecule has 3 aromatic rings. The van der Waals surface area contributed by atoms with Crippen LogP contribution in [-0.2, 0) is 6.42 Å². The molecule has 0 aliphatic rings. The van der Waals surface area contributed by atoms with Gasteiger partial charge in [0.15, 0.2) is 0 Å². The molecule has 2 aromatic carbocycles. The molecule has 0 aliphatic carbocycles. The zero-order chi connectivity index (χ0) is 19.9. The molecule has 0 saturated carbocycles. The van der Waals surface area contributed by atoms with E-state index in [4.69, 9.17) is 16.3 Å². The van der Waals surface area contributed by atoms with Crippen LogP contribution in [0.4, 0.5) is 11.5 Å². The minimum Gasteiger partial charge on any atom is -0.496 e. The van der Waals surface area contributed by atoms with Crippen molar-refractivity contribution in [2.24, 2.45) is 0 Å². The molecule has 28 heavy (non-hydrogen) atoms. The maximum Gasteiger partial charge on any atom is 0.274 e. The molecule has 1 amide bonds. The standard InChI is InChI=1S/C21H21ClN4O2/c1-14-24-18(21(27)26-17-8-5-7-16(22)12-17)13-20(25-14)23-11-10-15-6-3-4-9-19(15)28-2/h3-9,12-13H,10-11H2,1-2H3,(H,26,27)(H,23,24,25). The van der Waals surface area contributed by atoms with Crippen molar-refractivity contribution in [2.75, 3.05) is 24.3 Å². The number of methoxy groups -OCH3 is 1. The van der Waals surface area contributed by atoms with Gasteiger partial charge in [0.1, 0.15) is 23.1 Å². The molecule has 0 bridgehead atoms.